The van der Waals surface area contributed by atoms with Crippen LogP contribution in [0.5, 0.6) is 5.88 Å². The molecule has 0 spiro atoms. The molecule has 1 amide bonds. The molecule has 7 nitrogen and oxygen atoms in total. The number of hydrogen-bond acceptors (Lipinski definition) is 5. The third-order valence-electron chi connectivity index (χ3n) is 6.28. The molecule has 2 atom stereocenters. The van der Waals surface area contributed by atoms with Gasteiger partial charge >= 0.3 is 6.18 Å². The van der Waals surface area contributed by atoms with Crippen LogP contribution in [0.2, 0.25) is 0 Å². The van der Waals surface area contributed by atoms with E-state index in [9.17, 15) is 30.8 Å². The largest absolute Gasteiger partial charge is 0.477 e. The van der Waals surface area contributed by atoms with E-state index in [0.717, 1.165) is 22.9 Å². The van der Waals surface area contributed by atoms with Crippen LogP contribution in [0.1, 0.15) is 49.9 Å². The van der Waals surface area contributed by atoms with E-state index in [1.54, 1.807) is 0 Å². The molecule has 1 aliphatic carbocycles. The zero-order chi connectivity index (χ0) is 26.1. The van der Waals surface area contributed by atoms with Gasteiger partial charge in [-0.1, -0.05) is 19.9 Å². The smallest absolute Gasteiger partial charge is 0.433 e. The molecule has 1 aromatic carbocycles. The number of amides is 1. The van der Waals surface area contributed by atoms with Gasteiger partial charge < -0.3 is 10.1 Å². The third-order valence-corrected chi connectivity index (χ3v) is 6.99. The van der Waals surface area contributed by atoms with Crippen molar-refractivity contribution in [3.8, 4) is 5.88 Å². The van der Waals surface area contributed by atoms with Crippen LogP contribution >= 0.6 is 0 Å². The summed E-state index contributed by atoms with van der Waals surface area (Å²) in [5.74, 6) is -2.12. The fraction of sp³-hybridized carbons (Fsp3) is 0.478. The summed E-state index contributed by atoms with van der Waals surface area (Å²) in [6.45, 7) is 5.68. The highest BCUT2D eigenvalue weighted by atomic mass is 32.2. The molecule has 1 aliphatic rings. The minimum atomic E-state index is -4.64. The molecule has 0 saturated heterocycles. The lowest BCUT2D eigenvalue weighted by molar-refractivity contribution is -0.141. The fourth-order valence-corrected chi connectivity index (χ4v) is 3.89. The van der Waals surface area contributed by atoms with Gasteiger partial charge in [0.15, 0.2) is 0 Å². The van der Waals surface area contributed by atoms with Gasteiger partial charge in [-0.05, 0) is 54.5 Å². The second-order valence-electron chi connectivity index (χ2n) is 9.27. The van der Waals surface area contributed by atoms with Crippen molar-refractivity contribution < 1.29 is 35.5 Å². The molecule has 0 radical (unpaired) electrons. The van der Waals surface area contributed by atoms with Gasteiger partial charge in [0.2, 0.25) is 22.7 Å². The quantitative estimate of drug-likeness (QED) is 0.387. The van der Waals surface area contributed by atoms with Gasteiger partial charge in [-0.25, -0.2) is 17.8 Å². The average molecular weight is 518 g/mol. The number of nitrogens with zero attached hydrogens (tertiary/aromatic N) is 2. The highest BCUT2D eigenvalue weighted by Crippen LogP contribution is 2.51. The van der Waals surface area contributed by atoms with Gasteiger partial charge in [-0.3, -0.25) is 9.10 Å². The normalized spacial score (nSPS) is 17.7. The third kappa shape index (κ3) is 6.41. The van der Waals surface area contributed by atoms with Crippen LogP contribution in [-0.4, -0.2) is 33.0 Å². The van der Waals surface area contributed by atoms with Crippen LogP contribution in [0.3, 0.4) is 0 Å². The Morgan fingerprint density at radius 2 is 1.94 bits per heavy atom. The predicted molar refractivity (Wildman–Crippen MR) is 122 cm³/mol. The lowest BCUT2D eigenvalue weighted by Crippen LogP contribution is -2.28. The van der Waals surface area contributed by atoms with E-state index in [1.165, 1.54) is 32.2 Å². The zero-order valence-electron chi connectivity index (χ0n) is 19.6. The summed E-state index contributed by atoms with van der Waals surface area (Å²) in [6.07, 6.45) is -3.75. The summed E-state index contributed by atoms with van der Waals surface area (Å²) in [4.78, 5) is 16.3. The lowest BCUT2D eigenvalue weighted by atomic mass is 9.99. The first-order valence-corrected chi connectivity index (χ1v) is 12.0. The zero-order valence-corrected chi connectivity index (χ0v) is 20.5. The van der Waals surface area contributed by atoms with E-state index in [1.807, 2.05) is 13.8 Å². The summed E-state index contributed by atoms with van der Waals surface area (Å²) in [7, 11) is -1.82. The molecule has 0 aliphatic heterocycles. The van der Waals surface area contributed by atoms with Crippen molar-refractivity contribution >= 4 is 22.5 Å². The number of aromatic nitrogens is 1. The molecular weight excluding hydrogens is 490 g/mol. The van der Waals surface area contributed by atoms with Crippen molar-refractivity contribution in [1.82, 2.24) is 10.3 Å². The van der Waals surface area contributed by atoms with Crippen molar-refractivity contribution in [2.24, 2.45) is 11.3 Å². The summed E-state index contributed by atoms with van der Waals surface area (Å²) in [5.41, 5.74) is -0.607. The Labute approximate surface area is 202 Å². The average Bonchev–Trinajstić information content (AvgIpc) is 3.40. The van der Waals surface area contributed by atoms with Gasteiger partial charge in [0, 0.05) is 19.2 Å². The number of nitrogens with one attached hydrogen (secondary N) is 1. The molecule has 2 unspecified atom stereocenters. The van der Waals surface area contributed by atoms with E-state index in [2.05, 4.69) is 10.3 Å². The van der Waals surface area contributed by atoms with Crippen molar-refractivity contribution in [3.63, 3.8) is 0 Å². The molecule has 2 aromatic rings. The molecule has 1 aromatic heterocycles. The van der Waals surface area contributed by atoms with Crippen LogP contribution in [-0.2, 0) is 28.4 Å². The number of rotatable bonds is 9. The van der Waals surface area contributed by atoms with E-state index in [-0.39, 0.29) is 41.6 Å². The number of thiol groups is 1. The molecule has 1 N–H and O–H groups in total. The van der Waals surface area contributed by atoms with Gasteiger partial charge in [0.1, 0.15) is 11.5 Å². The number of alkyl halides is 3. The monoisotopic (exact) mass is 517 g/mol. The molecule has 1 fully saturated rings. The molecule has 192 valence electrons. The maximum Gasteiger partial charge on any atom is 0.433 e. The molecule has 1 saturated carbocycles. The van der Waals surface area contributed by atoms with Gasteiger partial charge in [0.25, 0.3) is 0 Å². The van der Waals surface area contributed by atoms with E-state index in [0.29, 0.717) is 5.56 Å². The Hall–Kier alpha value is -2.89. The molecule has 0 bridgehead atoms. The van der Waals surface area contributed by atoms with Crippen LogP contribution in [0.4, 0.5) is 23.2 Å². The van der Waals surface area contributed by atoms with E-state index in [4.69, 9.17) is 4.74 Å². The molecule has 35 heavy (non-hydrogen) atoms. The number of carbonyl (C=O) groups excluding carboxylic acids is 1. The van der Waals surface area contributed by atoms with Crippen molar-refractivity contribution in [3.05, 3.63) is 53.0 Å². The predicted octanol–water partition coefficient (Wildman–Crippen LogP) is 4.05. The number of halogens is 4. The summed E-state index contributed by atoms with van der Waals surface area (Å²) >= 11 is 0. The number of carbonyl (C=O) groups is 1. The van der Waals surface area contributed by atoms with Gasteiger partial charge in [-0.15, -0.1) is 0 Å². The standard InChI is InChI=1S/C23H27F4N3O4S/c1-13(14-5-7-18(17(24)9-14)30(4)35(32)33)20(31)28-11-15-6-8-19(23(25,26)27)29-21(15)34-12-16-10-22(16,2)3/h5-9,13,16,35H,10-12H2,1-4H3,(H,28,31). The number of hydrogen-bond donors (Lipinski definition) is 2. The van der Waals surface area contributed by atoms with Crippen molar-refractivity contribution in [1.29, 1.82) is 0 Å². The lowest BCUT2D eigenvalue weighted by Gasteiger charge is -2.17. The Bertz CT molecular complexity index is 1180. The van der Waals surface area contributed by atoms with Crippen LogP contribution in [0.25, 0.3) is 0 Å². The molecule has 3 rings (SSSR count). The van der Waals surface area contributed by atoms with Crippen LogP contribution in [0.15, 0.2) is 30.3 Å². The highest BCUT2D eigenvalue weighted by molar-refractivity contribution is 7.74. The second-order valence-corrected chi connectivity index (χ2v) is 10.3. The SMILES string of the molecule is CC(C(=O)NCc1ccc(C(F)(F)F)nc1OCC1CC1(C)C)c1ccc(N(C)[SH](=O)=O)c(F)c1. The van der Waals surface area contributed by atoms with Gasteiger partial charge in [0.05, 0.1) is 18.2 Å². The number of ether oxygens (including phenoxy) is 1. The Kier molecular flexibility index (Phi) is 7.63. The van der Waals surface area contributed by atoms with Crippen molar-refractivity contribution in [2.45, 2.75) is 45.8 Å². The Balaban J connectivity index is 1.71. The number of anilines is 1. The van der Waals surface area contributed by atoms with E-state index >= 15 is 0 Å². The van der Waals surface area contributed by atoms with Crippen LogP contribution < -0.4 is 14.4 Å². The fourth-order valence-electron chi connectivity index (χ4n) is 3.56. The maximum atomic E-state index is 14.4. The summed E-state index contributed by atoms with van der Waals surface area (Å²) in [5, 5.41) is 2.62. The number of benzene rings is 1. The first kappa shape index (κ1) is 26.7. The minimum absolute atomic E-state index is 0.0639. The summed E-state index contributed by atoms with van der Waals surface area (Å²) in [6, 6.07) is 5.79. The Morgan fingerprint density at radius 1 is 1.29 bits per heavy atom. The molecule has 12 heteroatoms. The summed E-state index contributed by atoms with van der Waals surface area (Å²) < 4.78 is 82.3. The highest BCUT2D eigenvalue weighted by Gasteiger charge is 2.46. The second kappa shape index (κ2) is 10.00. The maximum absolute atomic E-state index is 14.4. The Morgan fingerprint density at radius 3 is 2.49 bits per heavy atom. The van der Waals surface area contributed by atoms with Crippen molar-refractivity contribution in [2.75, 3.05) is 18.0 Å². The number of pyridine rings is 1. The minimum Gasteiger partial charge on any atom is -0.477 e. The van der Waals surface area contributed by atoms with E-state index < -0.39 is 40.4 Å². The first-order valence-electron chi connectivity index (χ1n) is 10.9. The topological polar surface area (TPSA) is 88.6 Å². The molecule has 1 heterocycles. The first-order chi connectivity index (χ1) is 16.2. The van der Waals surface area contributed by atoms with Crippen LogP contribution in [0, 0.1) is 17.2 Å². The van der Waals surface area contributed by atoms with Gasteiger partial charge in [-0.2, -0.15) is 13.2 Å². The molecular formula is C23H27F4N3O4S.